The second kappa shape index (κ2) is 8.35. The highest BCUT2D eigenvalue weighted by atomic mass is 35.5. The fraction of sp³-hybridized carbons (Fsp3) is 0.429. The van der Waals surface area contributed by atoms with Crippen molar-refractivity contribution in [3.8, 4) is 10.6 Å². The van der Waals surface area contributed by atoms with Gasteiger partial charge in [0.15, 0.2) is 0 Å². The van der Waals surface area contributed by atoms with Crippen molar-refractivity contribution in [2.75, 3.05) is 6.54 Å². The van der Waals surface area contributed by atoms with Gasteiger partial charge in [0.25, 0.3) is 5.91 Å². The van der Waals surface area contributed by atoms with Crippen LogP contribution in [0.5, 0.6) is 0 Å². The van der Waals surface area contributed by atoms with Crippen molar-refractivity contribution in [2.24, 2.45) is 5.92 Å². The number of hydrogen-bond acceptors (Lipinski definition) is 6. The number of carbonyl (C=O) groups excluding carboxylic acids is 3. The van der Waals surface area contributed by atoms with Gasteiger partial charge < -0.3 is 10.1 Å². The Bertz CT molecular complexity index is 994. The lowest BCUT2D eigenvalue weighted by molar-refractivity contribution is -0.149. The third-order valence-electron chi connectivity index (χ3n) is 5.83. The van der Waals surface area contributed by atoms with Gasteiger partial charge in [-0.1, -0.05) is 49.6 Å². The minimum Gasteiger partial charge on any atom is -0.458 e. The van der Waals surface area contributed by atoms with Crippen molar-refractivity contribution in [2.45, 2.75) is 44.8 Å². The van der Waals surface area contributed by atoms with E-state index in [1.54, 1.807) is 11.4 Å². The molecule has 1 saturated heterocycles. The van der Waals surface area contributed by atoms with Crippen LogP contribution >= 0.6 is 22.9 Å². The number of rotatable bonds is 5. The fourth-order valence-electron chi connectivity index (χ4n) is 4.10. The number of nitrogens with one attached hydrogen (secondary N) is 1. The number of amides is 3. The molecule has 1 aromatic heterocycles. The van der Waals surface area contributed by atoms with Crippen molar-refractivity contribution in [3.05, 3.63) is 40.4 Å². The predicted molar refractivity (Wildman–Crippen MR) is 113 cm³/mol. The summed E-state index contributed by atoms with van der Waals surface area (Å²) < 4.78 is 5.27. The first kappa shape index (κ1) is 20.8. The highest BCUT2D eigenvalue weighted by molar-refractivity contribution is 7.13. The Balaban J connectivity index is 1.36. The Labute approximate surface area is 183 Å². The highest BCUT2D eigenvalue weighted by Gasteiger charge is 2.55. The number of carbonyl (C=O) groups is 3. The summed E-state index contributed by atoms with van der Waals surface area (Å²) in [7, 11) is 0. The lowest BCUT2D eigenvalue weighted by atomic mass is 9.73. The van der Waals surface area contributed by atoms with Gasteiger partial charge in [0.2, 0.25) is 0 Å². The fourth-order valence-corrected chi connectivity index (χ4v) is 5.22. The van der Waals surface area contributed by atoms with Crippen LogP contribution in [0.25, 0.3) is 10.6 Å². The first-order valence-corrected chi connectivity index (χ1v) is 11.2. The Morgan fingerprint density at radius 3 is 2.93 bits per heavy atom. The van der Waals surface area contributed by atoms with Gasteiger partial charge >= 0.3 is 12.0 Å². The van der Waals surface area contributed by atoms with Gasteiger partial charge in [0.1, 0.15) is 23.7 Å². The number of urea groups is 1. The van der Waals surface area contributed by atoms with E-state index in [-0.39, 0.29) is 18.4 Å². The van der Waals surface area contributed by atoms with Gasteiger partial charge in [0.05, 0.1) is 10.7 Å². The van der Waals surface area contributed by atoms with Gasteiger partial charge in [-0.3, -0.25) is 14.5 Å². The summed E-state index contributed by atoms with van der Waals surface area (Å²) >= 11 is 7.60. The van der Waals surface area contributed by atoms with Crippen LogP contribution in [0, 0.1) is 5.92 Å². The molecule has 2 atom stereocenters. The molecule has 0 radical (unpaired) electrons. The van der Waals surface area contributed by atoms with Gasteiger partial charge in [-0.15, -0.1) is 11.3 Å². The van der Waals surface area contributed by atoms with E-state index in [1.807, 2.05) is 25.1 Å². The third-order valence-corrected chi connectivity index (χ3v) is 7.08. The maximum absolute atomic E-state index is 12.9. The average Bonchev–Trinajstić information content (AvgIpc) is 3.28. The van der Waals surface area contributed by atoms with Crippen molar-refractivity contribution < 1.29 is 19.1 Å². The van der Waals surface area contributed by atoms with Crippen molar-refractivity contribution >= 4 is 40.8 Å². The van der Waals surface area contributed by atoms with Crippen molar-refractivity contribution in [1.82, 2.24) is 15.2 Å². The number of benzene rings is 1. The predicted octanol–water partition coefficient (Wildman–Crippen LogP) is 4.01. The molecular weight excluding hydrogens is 426 g/mol. The second-order valence-electron chi connectivity index (χ2n) is 7.72. The molecule has 0 bridgehead atoms. The molecule has 1 N–H and O–H groups in total. The van der Waals surface area contributed by atoms with E-state index in [2.05, 4.69) is 10.3 Å². The molecule has 2 aromatic rings. The van der Waals surface area contributed by atoms with E-state index >= 15 is 0 Å². The largest absolute Gasteiger partial charge is 0.458 e. The van der Waals surface area contributed by atoms with Crippen molar-refractivity contribution in [3.63, 3.8) is 0 Å². The van der Waals surface area contributed by atoms with Crippen LogP contribution < -0.4 is 5.32 Å². The summed E-state index contributed by atoms with van der Waals surface area (Å²) in [5.41, 5.74) is 0.514. The first-order chi connectivity index (χ1) is 14.4. The number of aromatic nitrogens is 1. The number of imide groups is 1. The number of ether oxygens (including phenoxy) is 1. The smallest absolute Gasteiger partial charge is 0.326 e. The molecule has 2 heterocycles. The molecule has 2 aliphatic rings. The van der Waals surface area contributed by atoms with E-state index in [9.17, 15) is 14.4 Å². The maximum Gasteiger partial charge on any atom is 0.326 e. The standard InChI is InChI=1S/C21H22ClN3O4S/c1-13-6-4-5-9-21(13)19(27)25(20(28)24-21)10-17(26)29-11-14-12-30-18(23-14)15-7-2-3-8-16(15)22/h2-3,7-8,12-13H,4-6,9-11H2,1H3,(H,24,28). The van der Waals surface area contributed by atoms with Crippen LogP contribution in [-0.4, -0.2) is 39.9 Å². The Morgan fingerprint density at radius 2 is 2.17 bits per heavy atom. The maximum atomic E-state index is 12.9. The summed E-state index contributed by atoms with van der Waals surface area (Å²) in [6, 6.07) is 6.85. The second-order valence-corrected chi connectivity index (χ2v) is 8.99. The summed E-state index contributed by atoms with van der Waals surface area (Å²) in [6.45, 7) is 1.53. The zero-order chi connectivity index (χ0) is 21.3. The minimum absolute atomic E-state index is 0.0367. The molecular formula is C21H22ClN3O4S. The molecule has 30 heavy (non-hydrogen) atoms. The molecule has 4 rings (SSSR count). The molecule has 9 heteroatoms. The molecule has 3 amide bonds. The summed E-state index contributed by atoms with van der Waals surface area (Å²) in [5, 5.41) is 5.95. The SMILES string of the molecule is CC1CCCCC12NC(=O)N(CC(=O)OCc1csc(-c3ccccc3Cl)n1)C2=O. The van der Waals surface area contributed by atoms with Gasteiger partial charge in [-0.2, -0.15) is 0 Å². The average molecular weight is 448 g/mol. The molecule has 158 valence electrons. The monoisotopic (exact) mass is 447 g/mol. The van der Waals surface area contributed by atoms with Crippen LogP contribution in [-0.2, 0) is 20.9 Å². The quantitative estimate of drug-likeness (QED) is 0.552. The zero-order valence-electron chi connectivity index (χ0n) is 16.5. The minimum atomic E-state index is -0.881. The van der Waals surface area contributed by atoms with E-state index in [1.165, 1.54) is 11.3 Å². The third kappa shape index (κ3) is 3.81. The number of halogens is 1. The first-order valence-electron chi connectivity index (χ1n) is 9.90. The molecule has 7 nitrogen and oxygen atoms in total. The molecule has 1 aromatic carbocycles. The van der Waals surface area contributed by atoms with E-state index in [4.69, 9.17) is 16.3 Å². The molecule has 1 saturated carbocycles. The zero-order valence-corrected chi connectivity index (χ0v) is 18.1. The lowest BCUT2D eigenvalue weighted by Gasteiger charge is -2.36. The summed E-state index contributed by atoms with van der Waals surface area (Å²) in [5.74, 6) is -0.931. The molecule has 1 spiro atoms. The number of thiazole rings is 1. The van der Waals surface area contributed by atoms with E-state index in [0.29, 0.717) is 17.1 Å². The Morgan fingerprint density at radius 1 is 1.37 bits per heavy atom. The van der Waals surface area contributed by atoms with Crippen LogP contribution in [0.15, 0.2) is 29.6 Å². The van der Waals surface area contributed by atoms with E-state index < -0.39 is 24.1 Å². The van der Waals surface area contributed by atoms with Gasteiger partial charge in [0, 0.05) is 10.9 Å². The molecule has 2 unspecified atom stereocenters. The topological polar surface area (TPSA) is 88.6 Å². The lowest BCUT2D eigenvalue weighted by Crippen LogP contribution is -2.54. The summed E-state index contributed by atoms with van der Waals surface area (Å²) in [6.07, 6.45) is 3.40. The highest BCUT2D eigenvalue weighted by Crippen LogP contribution is 2.38. The number of esters is 1. The van der Waals surface area contributed by atoms with Gasteiger partial charge in [-0.05, 0) is 24.8 Å². The van der Waals surface area contributed by atoms with Crippen LogP contribution in [0.2, 0.25) is 5.02 Å². The Hall–Kier alpha value is -2.45. The molecule has 2 fully saturated rings. The number of hydrogen-bond donors (Lipinski definition) is 1. The van der Waals surface area contributed by atoms with Crippen LogP contribution in [0.3, 0.4) is 0 Å². The summed E-state index contributed by atoms with van der Waals surface area (Å²) in [4.78, 5) is 43.0. The van der Waals surface area contributed by atoms with Gasteiger partial charge in [-0.25, -0.2) is 9.78 Å². The van der Waals surface area contributed by atoms with E-state index in [0.717, 1.165) is 34.7 Å². The molecule has 1 aliphatic carbocycles. The number of nitrogens with zero attached hydrogens (tertiary/aromatic N) is 2. The normalized spacial score (nSPS) is 23.7. The molecule has 1 aliphatic heterocycles. The van der Waals surface area contributed by atoms with Crippen LogP contribution in [0.4, 0.5) is 4.79 Å². The van der Waals surface area contributed by atoms with Crippen molar-refractivity contribution in [1.29, 1.82) is 0 Å². The Kier molecular flexibility index (Phi) is 5.79. The van der Waals surface area contributed by atoms with Crippen LogP contribution in [0.1, 0.15) is 38.3 Å².